The number of aryl methyl sites for hydroxylation is 2. The highest BCUT2D eigenvalue weighted by Crippen LogP contribution is 2.25. The predicted octanol–water partition coefficient (Wildman–Crippen LogP) is 1.77. The smallest absolute Gasteiger partial charge is 0.151 e. The second kappa shape index (κ2) is 6.14. The number of ether oxygens (including phenoxy) is 1. The van der Waals surface area contributed by atoms with E-state index in [-0.39, 0.29) is 11.8 Å². The van der Waals surface area contributed by atoms with Gasteiger partial charge in [0.25, 0.3) is 0 Å². The summed E-state index contributed by atoms with van der Waals surface area (Å²) >= 11 is 0. The molecule has 0 saturated carbocycles. The minimum atomic E-state index is -2.81. The summed E-state index contributed by atoms with van der Waals surface area (Å²) in [6.45, 7) is 7.41. The van der Waals surface area contributed by atoms with Gasteiger partial charge >= 0.3 is 0 Å². The summed E-state index contributed by atoms with van der Waals surface area (Å²) in [6, 6.07) is 4.25. The van der Waals surface area contributed by atoms with Crippen LogP contribution >= 0.6 is 0 Å². The predicted molar refractivity (Wildman–Crippen MR) is 81.2 cm³/mol. The molecule has 1 saturated heterocycles. The Bertz CT molecular complexity index is 581. The van der Waals surface area contributed by atoms with E-state index in [9.17, 15) is 8.42 Å². The van der Waals surface area contributed by atoms with Crippen molar-refractivity contribution in [2.45, 2.75) is 33.2 Å². The lowest BCUT2D eigenvalue weighted by atomic mass is 10.1. The van der Waals surface area contributed by atoms with E-state index in [0.717, 1.165) is 11.3 Å². The number of hydrogen-bond donors (Lipinski definition) is 1. The Kier molecular flexibility index (Phi) is 4.70. The van der Waals surface area contributed by atoms with Gasteiger partial charge in [0, 0.05) is 12.6 Å². The number of hydrogen-bond acceptors (Lipinski definition) is 4. The van der Waals surface area contributed by atoms with E-state index in [0.29, 0.717) is 25.3 Å². The molecule has 0 radical (unpaired) electrons. The van der Waals surface area contributed by atoms with E-state index in [1.54, 1.807) is 0 Å². The van der Waals surface area contributed by atoms with Gasteiger partial charge in [0.05, 0.1) is 11.5 Å². The number of rotatable bonds is 5. The maximum atomic E-state index is 11.4. The zero-order valence-electron chi connectivity index (χ0n) is 12.4. The van der Waals surface area contributed by atoms with Crippen molar-refractivity contribution in [1.82, 2.24) is 5.32 Å². The van der Waals surface area contributed by atoms with Gasteiger partial charge in [-0.05, 0) is 43.9 Å². The maximum absolute atomic E-state index is 11.4. The van der Waals surface area contributed by atoms with Crippen molar-refractivity contribution in [3.8, 4) is 5.75 Å². The number of benzene rings is 1. The van der Waals surface area contributed by atoms with Crippen LogP contribution in [0.25, 0.3) is 0 Å². The third kappa shape index (κ3) is 3.73. The summed E-state index contributed by atoms with van der Waals surface area (Å²) < 4.78 is 28.5. The van der Waals surface area contributed by atoms with Crippen LogP contribution in [0.5, 0.6) is 5.75 Å². The van der Waals surface area contributed by atoms with Crippen LogP contribution in [0.15, 0.2) is 12.1 Å². The molecule has 1 fully saturated rings. The first-order valence-electron chi connectivity index (χ1n) is 7.02. The first-order valence-corrected chi connectivity index (χ1v) is 8.84. The summed E-state index contributed by atoms with van der Waals surface area (Å²) in [5.74, 6) is 1.52. The average Bonchev–Trinajstić information content (AvgIpc) is 2.73. The van der Waals surface area contributed by atoms with Crippen LogP contribution in [0, 0.1) is 20.8 Å². The van der Waals surface area contributed by atoms with Crippen molar-refractivity contribution in [2.75, 3.05) is 24.7 Å². The van der Waals surface area contributed by atoms with Crippen molar-refractivity contribution >= 4 is 9.84 Å². The summed E-state index contributed by atoms with van der Waals surface area (Å²) in [7, 11) is -2.81. The fourth-order valence-electron chi connectivity index (χ4n) is 2.52. The molecule has 1 N–H and O–H groups in total. The molecule has 1 heterocycles. The second-order valence-corrected chi connectivity index (χ2v) is 7.78. The van der Waals surface area contributed by atoms with Crippen molar-refractivity contribution in [2.24, 2.45) is 0 Å². The Morgan fingerprint density at radius 1 is 1.25 bits per heavy atom. The molecule has 0 spiro atoms. The summed E-state index contributed by atoms with van der Waals surface area (Å²) in [5, 5.41) is 3.26. The molecule has 0 amide bonds. The summed E-state index contributed by atoms with van der Waals surface area (Å²) in [6.07, 6.45) is 0.713. The van der Waals surface area contributed by atoms with E-state index in [1.165, 1.54) is 11.1 Å². The first kappa shape index (κ1) is 15.3. The molecule has 2 rings (SSSR count). The SMILES string of the molecule is Cc1ccc(C)c(OCCNC2CCS(=O)(=O)C2)c1C. The van der Waals surface area contributed by atoms with Crippen molar-refractivity contribution in [3.63, 3.8) is 0 Å². The lowest BCUT2D eigenvalue weighted by molar-refractivity contribution is 0.303. The molecule has 20 heavy (non-hydrogen) atoms. The van der Waals surface area contributed by atoms with Gasteiger partial charge in [-0.1, -0.05) is 12.1 Å². The van der Waals surface area contributed by atoms with E-state index in [1.807, 2.05) is 6.92 Å². The molecule has 1 aromatic rings. The maximum Gasteiger partial charge on any atom is 0.151 e. The lowest BCUT2D eigenvalue weighted by Gasteiger charge is -2.15. The Balaban J connectivity index is 1.81. The summed E-state index contributed by atoms with van der Waals surface area (Å²) in [4.78, 5) is 0. The molecule has 112 valence electrons. The highest BCUT2D eigenvalue weighted by Gasteiger charge is 2.27. The van der Waals surface area contributed by atoms with Gasteiger partial charge in [-0.25, -0.2) is 8.42 Å². The second-order valence-electron chi connectivity index (χ2n) is 5.56. The van der Waals surface area contributed by atoms with Crippen LogP contribution in [0.1, 0.15) is 23.1 Å². The third-order valence-corrected chi connectivity index (χ3v) is 5.66. The van der Waals surface area contributed by atoms with Crippen molar-refractivity contribution in [1.29, 1.82) is 0 Å². The summed E-state index contributed by atoms with van der Waals surface area (Å²) in [5.41, 5.74) is 3.53. The van der Waals surface area contributed by atoms with Crippen LogP contribution < -0.4 is 10.1 Å². The Hall–Kier alpha value is -1.07. The molecule has 1 atom stereocenters. The molecule has 0 bridgehead atoms. The zero-order valence-corrected chi connectivity index (χ0v) is 13.2. The van der Waals surface area contributed by atoms with Crippen LogP contribution in [-0.2, 0) is 9.84 Å². The molecule has 5 heteroatoms. The van der Waals surface area contributed by atoms with Crippen LogP contribution in [0.2, 0.25) is 0 Å². The highest BCUT2D eigenvalue weighted by molar-refractivity contribution is 7.91. The molecule has 4 nitrogen and oxygen atoms in total. The number of sulfone groups is 1. The third-order valence-electron chi connectivity index (χ3n) is 3.89. The van der Waals surface area contributed by atoms with Gasteiger partial charge in [0.1, 0.15) is 12.4 Å². The number of nitrogens with one attached hydrogen (secondary N) is 1. The Labute approximate surface area is 121 Å². The fraction of sp³-hybridized carbons (Fsp3) is 0.600. The molecular weight excluding hydrogens is 274 g/mol. The molecular formula is C15H23NO3S. The van der Waals surface area contributed by atoms with E-state index >= 15 is 0 Å². The first-order chi connectivity index (χ1) is 9.39. The Morgan fingerprint density at radius 3 is 2.60 bits per heavy atom. The standard InChI is InChI=1S/C15H23NO3S/c1-11-4-5-12(2)15(13(11)3)19-8-7-16-14-6-9-20(17,18)10-14/h4-5,14,16H,6-10H2,1-3H3. The minimum absolute atomic E-state index is 0.0864. The van der Waals surface area contributed by atoms with Gasteiger partial charge in [-0.3, -0.25) is 0 Å². The van der Waals surface area contributed by atoms with Gasteiger partial charge in [-0.15, -0.1) is 0 Å². The van der Waals surface area contributed by atoms with Crippen LogP contribution in [0.3, 0.4) is 0 Å². The minimum Gasteiger partial charge on any atom is -0.492 e. The normalized spacial score (nSPS) is 21.1. The topological polar surface area (TPSA) is 55.4 Å². The molecule has 0 aromatic heterocycles. The Morgan fingerprint density at radius 2 is 1.95 bits per heavy atom. The molecule has 1 aliphatic rings. The van der Waals surface area contributed by atoms with Gasteiger partial charge in [-0.2, -0.15) is 0 Å². The van der Waals surface area contributed by atoms with E-state index in [2.05, 4.69) is 31.3 Å². The molecule has 1 unspecified atom stereocenters. The monoisotopic (exact) mass is 297 g/mol. The average molecular weight is 297 g/mol. The largest absolute Gasteiger partial charge is 0.492 e. The molecule has 1 aliphatic heterocycles. The molecule has 0 aliphatic carbocycles. The van der Waals surface area contributed by atoms with Gasteiger partial charge in [0.2, 0.25) is 0 Å². The fourth-order valence-corrected chi connectivity index (χ4v) is 4.23. The zero-order chi connectivity index (χ0) is 14.8. The van der Waals surface area contributed by atoms with Gasteiger partial charge in [0.15, 0.2) is 9.84 Å². The van der Waals surface area contributed by atoms with Crippen LogP contribution in [0.4, 0.5) is 0 Å². The lowest BCUT2D eigenvalue weighted by Crippen LogP contribution is -2.33. The van der Waals surface area contributed by atoms with E-state index in [4.69, 9.17) is 4.74 Å². The van der Waals surface area contributed by atoms with Crippen molar-refractivity contribution < 1.29 is 13.2 Å². The van der Waals surface area contributed by atoms with Crippen LogP contribution in [-0.4, -0.2) is 39.1 Å². The van der Waals surface area contributed by atoms with Gasteiger partial charge < -0.3 is 10.1 Å². The quantitative estimate of drug-likeness (QED) is 0.842. The van der Waals surface area contributed by atoms with Crippen molar-refractivity contribution in [3.05, 3.63) is 28.8 Å². The molecule has 1 aromatic carbocycles. The van der Waals surface area contributed by atoms with E-state index < -0.39 is 9.84 Å². The highest BCUT2D eigenvalue weighted by atomic mass is 32.2.